The zero-order valence-corrected chi connectivity index (χ0v) is 15.5. The Morgan fingerprint density at radius 1 is 1.26 bits per heavy atom. The molecule has 3 rings (SSSR count). The lowest BCUT2D eigenvalue weighted by Crippen LogP contribution is -2.31. The predicted octanol–water partition coefficient (Wildman–Crippen LogP) is 3.18. The van der Waals surface area contributed by atoms with E-state index in [4.69, 9.17) is 4.74 Å². The molecule has 0 saturated carbocycles. The number of likely N-dealkylation sites (N-methyl/N-ethyl adjacent to an activating group) is 1. The van der Waals surface area contributed by atoms with E-state index in [0.29, 0.717) is 5.56 Å². The number of halogens is 1. The summed E-state index contributed by atoms with van der Waals surface area (Å²) in [5, 5.41) is 4.09. The SMILES string of the molecule is COc1ccc(CC(=O)N(C)[C@H](C)c2ccc(-n3cncn3)cc2)cc1F. The largest absolute Gasteiger partial charge is 0.494 e. The first-order valence-electron chi connectivity index (χ1n) is 8.52. The van der Waals surface area contributed by atoms with Crippen LogP contribution in [0.2, 0.25) is 0 Å². The summed E-state index contributed by atoms with van der Waals surface area (Å²) in [7, 11) is 3.16. The minimum Gasteiger partial charge on any atom is -0.494 e. The second-order valence-electron chi connectivity index (χ2n) is 6.26. The zero-order chi connectivity index (χ0) is 19.4. The van der Waals surface area contributed by atoms with Crippen LogP contribution in [-0.2, 0) is 11.2 Å². The topological polar surface area (TPSA) is 60.2 Å². The smallest absolute Gasteiger partial charge is 0.227 e. The van der Waals surface area contributed by atoms with Crippen molar-refractivity contribution in [3.05, 3.63) is 72.1 Å². The normalized spacial score (nSPS) is 11.9. The lowest BCUT2D eigenvalue weighted by molar-refractivity contribution is -0.131. The fourth-order valence-corrected chi connectivity index (χ4v) is 2.81. The van der Waals surface area contributed by atoms with Gasteiger partial charge in [0.1, 0.15) is 12.7 Å². The number of carbonyl (C=O) groups excluding carboxylic acids is 1. The number of hydrogen-bond acceptors (Lipinski definition) is 4. The highest BCUT2D eigenvalue weighted by molar-refractivity contribution is 5.79. The van der Waals surface area contributed by atoms with E-state index in [-0.39, 0.29) is 24.1 Å². The number of ether oxygens (including phenoxy) is 1. The van der Waals surface area contributed by atoms with Crippen LogP contribution < -0.4 is 4.74 Å². The van der Waals surface area contributed by atoms with Gasteiger partial charge in [-0.2, -0.15) is 5.10 Å². The Labute approximate surface area is 157 Å². The van der Waals surface area contributed by atoms with Crippen LogP contribution in [0.4, 0.5) is 4.39 Å². The summed E-state index contributed by atoms with van der Waals surface area (Å²) in [6, 6.07) is 12.2. The number of benzene rings is 2. The summed E-state index contributed by atoms with van der Waals surface area (Å²) in [6.07, 6.45) is 3.23. The number of nitrogens with zero attached hydrogens (tertiary/aromatic N) is 4. The Morgan fingerprint density at radius 2 is 2.00 bits per heavy atom. The van der Waals surface area contributed by atoms with Gasteiger partial charge >= 0.3 is 0 Å². The zero-order valence-electron chi connectivity index (χ0n) is 15.5. The van der Waals surface area contributed by atoms with E-state index in [1.165, 1.54) is 25.6 Å². The molecule has 0 unspecified atom stereocenters. The summed E-state index contributed by atoms with van der Waals surface area (Å²) in [6.45, 7) is 1.96. The van der Waals surface area contributed by atoms with Crippen molar-refractivity contribution in [2.45, 2.75) is 19.4 Å². The highest BCUT2D eigenvalue weighted by Gasteiger charge is 2.18. The van der Waals surface area contributed by atoms with Gasteiger partial charge in [-0.1, -0.05) is 18.2 Å². The maximum atomic E-state index is 13.8. The second-order valence-corrected chi connectivity index (χ2v) is 6.26. The first kappa shape index (κ1) is 18.6. The lowest BCUT2D eigenvalue weighted by atomic mass is 10.1. The highest BCUT2D eigenvalue weighted by atomic mass is 19.1. The molecule has 0 aliphatic rings. The maximum absolute atomic E-state index is 13.8. The molecule has 2 aromatic carbocycles. The van der Waals surface area contributed by atoms with E-state index in [1.54, 1.807) is 29.0 Å². The van der Waals surface area contributed by atoms with E-state index in [0.717, 1.165) is 11.3 Å². The Bertz CT molecular complexity index is 910. The van der Waals surface area contributed by atoms with Gasteiger partial charge in [-0.05, 0) is 42.3 Å². The molecule has 0 fully saturated rings. The molecule has 0 N–H and O–H groups in total. The van der Waals surface area contributed by atoms with Crippen molar-refractivity contribution in [3.8, 4) is 11.4 Å². The molecule has 0 bridgehead atoms. The van der Waals surface area contributed by atoms with Crippen molar-refractivity contribution in [2.75, 3.05) is 14.2 Å². The van der Waals surface area contributed by atoms with Crippen molar-refractivity contribution in [1.29, 1.82) is 0 Å². The fourth-order valence-electron chi connectivity index (χ4n) is 2.81. The maximum Gasteiger partial charge on any atom is 0.227 e. The molecule has 1 atom stereocenters. The number of aromatic nitrogens is 3. The Morgan fingerprint density at radius 3 is 2.59 bits per heavy atom. The van der Waals surface area contributed by atoms with Gasteiger partial charge in [-0.25, -0.2) is 14.1 Å². The number of amides is 1. The van der Waals surface area contributed by atoms with E-state index >= 15 is 0 Å². The summed E-state index contributed by atoms with van der Waals surface area (Å²) in [5.41, 5.74) is 2.50. The van der Waals surface area contributed by atoms with Gasteiger partial charge in [-0.15, -0.1) is 0 Å². The van der Waals surface area contributed by atoms with Crippen molar-refractivity contribution < 1.29 is 13.9 Å². The molecule has 1 aromatic heterocycles. The fraction of sp³-hybridized carbons (Fsp3) is 0.250. The molecule has 1 heterocycles. The number of methoxy groups -OCH3 is 1. The van der Waals surface area contributed by atoms with E-state index < -0.39 is 5.82 Å². The molecule has 0 spiro atoms. The quantitative estimate of drug-likeness (QED) is 0.670. The van der Waals surface area contributed by atoms with E-state index in [2.05, 4.69) is 10.1 Å². The van der Waals surface area contributed by atoms with Gasteiger partial charge in [0.05, 0.1) is 25.3 Å². The monoisotopic (exact) mass is 368 g/mol. The first-order valence-corrected chi connectivity index (χ1v) is 8.52. The third-order valence-electron chi connectivity index (χ3n) is 4.60. The average Bonchev–Trinajstić information content (AvgIpc) is 3.22. The first-order chi connectivity index (χ1) is 13.0. The summed E-state index contributed by atoms with van der Waals surface area (Å²) in [4.78, 5) is 18.2. The van der Waals surface area contributed by atoms with Gasteiger partial charge in [0.25, 0.3) is 0 Å². The molecule has 140 valence electrons. The third-order valence-corrected chi connectivity index (χ3v) is 4.60. The summed E-state index contributed by atoms with van der Waals surface area (Å²) in [5.74, 6) is -0.394. The highest BCUT2D eigenvalue weighted by Crippen LogP contribution is 2.22. The summed E-state index contributed by atoms with van der Waals surface area (Å²) < 4.78 is 20.4. The molecule has 0 aliphatic heterocycles. The molecule has 0 radical (unpaired) electrons. The van der Waals surface area contributed by atoms with Crippen LogP contribution in [0, 0.1) is 5.82 Å². The van der Waals surface area contributed by atoms with Crippen LogP contribution in [0.15, 0.2) is 55.1 Å². The molecule has 6 nitrogen and oxygen atoms in total. The summed E-state index contributed by atoms with van der Waals surface area (Å²) >= 11 is 0. The number of rotatable bonds is 6. The van der Waals surface area contributed by atoms with Gasteiger partial charge in [-0.3, -0.25) is 4.79 Å². The molecule has 0 saturated heterocycles. The molecule has 3 aromatic rings. The Kier molecular flexibility index (Phi) is 5.49. The molecule has 1 amide bonds. The Balaban J connectivity index is 1.68. The number of carbonyl (C=O) groups is 1. The predicted molar refractivity (Wildman–Crippen MR) is 99.2 cm³/mol. The standard InChI is InChI=1S/C20H21FN4O2/c1-14(16-5-7-17(8-6-16)25-13-22-12-23-25)24(2)20(26)11-15-4-9-19(27-3)18(21)10-15/h4-10,12-14H,11H2,1-3H3/t14-/m1/s1. The molecular formula is C20H21FN4O2. The van der Waals surface area contributed by atoms with Crippen LogP contribution in [0.3, 0.4) is 0 Å². The van der Waals surface area contributed by atoms with Crippen molar-refractivity contribution >= 4 is 5.91 Å². The van der Waals surface area contributed by atoms with Crippen LogP contribution in [0.1, 0.15) is 24.1 Å². The van der Waals surface area contributed by atoms with Crippen molar-refractivity contribution in [1.82, 2.24) is 19.7 Å². The van der Waals surface area contributed by atoms with Crippen molar-refractivity contribution in [3.63, 3.8) is 0 Å². The third kappa shape index (κ3) is 4.13. The second kappa shape index (κ2) is 7.99. The minimum absolute atomic E-state index is 0.0904. The lowest BCUT2D eigenvalue weighted by Gasteiger charge is -2.25. The molecule has 7 heteroatoms. The molecule has 27 heavy (non-hydrogen) atoms. The Hall–Kier alpha value is -3.22. The average molecular weight is 368 g/mol. The van der Waals surface area contributed by atoms with Crippen LogP contribution in [0.5, 0.6) is 5.75 Å². The molecular weight excluding hydrogens is 347 g/mol. The van der Waals surface area contributed by atoms with Gasteiger partial charge in [0, 0.05) is 7.05 Å². The van der Waals surface area contributed by atoms with Crippen LogP contribution in [0.25, 0.3) is 5.69 Å². The molecule has 0 aliphatic carbocycles. The van der Waals surface area contributed by atoms with E-state index in [9.17, 15) is 9.18 Å². The van der Waals surface area contributed by atoms with Gasteiger partial charge in [0.15, 0.2) is 11.6 Å². The van der Waals surface area contributed by atoms with E-state index in [1.807, 2.05) is 31.2 Å². The van der Waals surface area contributed by atoms with Gasteiger partial charge < -0.3 is 9.64 Å². The van der Waals surface area contributed by atoms with Crippen LogP contribution in [-0.4, -0.2) is 39.7 Å². The minimum atomic E-state index is -0.470. The van der Waals surface area contributed by atoms with Crippen molar-refractivity contribution in [2.24, 2.45) is 0 Å². The number of hydrogen-bond donors (Lipinski definition) is 0. The van der Waals surface area contributed by atoms with Crippen LogP contribution >= 0.6 is 0 Å². The van der Waals surface area contributed by atoms with Gasteiger partial charge in [0.2, 0.25) is 5.91 Å².